The molecule has 1 aliphatic carbocycles. The van der Waals surface area contributed by atoms with Crippen molar-refractivity contribution in [1.29, 1.82) is 0 Å². The van der Waals surface area contributed by atoms with Crippen LogP contribution in [0.15, 0.2) is 24.3 Å². The molecule has 1 aliphatic heterocycles. The van der Waals surface area contributed by atoms with E-state index in [2.05, 4.69) is 5.32 Å². The predicted molar refractivity (Wildman–Crippen MR) is 100 cm³/mol. The third kappa shape index (κ3) is 4.78. The van der Waals surface area contributed by atoms with E-state index in [-0.39, 0.29) is 18.5 Å². The molecular formula is C20H27N3O4. The van der Waals surface area contributed by atoms with Crippen LogP contribution in [-0.4, -0.2) is 60.3 Å². The number of rotatable bonds is 6. The van der Waals surface area contributed by atoms with Gasteiger partial charge < -0.3 is 19.9 Å². The van der Waals surface area contributed by atoms with E-state index in [1.54, 1.807) is 12.0 Å². The molecule has 0 atom stereocenters. The summed E-state index contributed by atoms with van der Waals surface area (Å²) in [5.41, 5.74) is 0.939. The second-order valence-electron chi connectivity index (χ2n) is 7.14. The second-order valence-corrected chi connectivity index (χ2v) is 7.14. The highest BCUT2D eigenvalue weighted by molar-refractivity contribution is 6.35. The summed E-state index contributed by atoms with van der Waals surface area (Å²) in [7, 11) is 1.60. The Morgan fingerprint density at radius 2 is 1.78 bits per heavy atom. The summed E-state index contributed by atoms with van der Waals surface area (Å²) in [5, 5.41) is 2.80. The molecule has 1 N–H and O–H groups in total. The minimum absolute atomic E-state index is 0.0841. The van der Waals surface area contributed by atoms with Crippen LogP contribution in [-0.2, 0) is 20.9 Å². The number of carbonyl (C=O) groups is 3. The molecule has 1 aromatic carbocycles. The van der Waals surface area contributed by atoms with Gasteiger partial charge >= 0.3 is 11.8 Å². The van der Waals surface area contributed by atoms with Gasteiger partial charge in [0.05, 0.1) is 7.11 Å². The molecular weight excluding hydrogens is 346 g/mol. The number of carbonyl (C=O) groups excluding carboxylic acids is 3. The number of benzene rings is 1. The highest BCUT2D eigenvalue weighted by Crippen LogP contribution is 2.24. The van der Waals surface area contributed by atoms with Crippen LogP contribution in [0, 0.1) is 0 Å². The zero-order valence-electron chi connectivity index (χ0n) is 15.8. The van der Waals surface area contributed by atoms with Gasteiger partial charge in [0.25, 0.3) is 0 Å². The lowest BCUT2D eigenvalue weighted by Gasteiger charge is -2.39. The summed E-state index contributed by atoms with van der Waals surface area (Å²) >= 11 is 0. The van der Waals surface area contributed by atoms with Gasteiger partial charge in [-0.05, 0) is 30.5 Å². The third-order valence-electron chi connectivity index (χ3n) is 5.34. The maximum Gasteiger partial charge on any atom is 0.312 e. The first-order chi connectivity index (χ1) is 13.1. The van der Waals surface area contributed by atoms with Gasteiger partial charge in [-0.3, -0.25) is 14.4 Å². The highest BCUT2D eigenvalue weighted by atomic mass is 16.5. The van der Waals surface area contributed by atoms with Crippen LogP contribution < -0.4 is 10.1 Å². The third-order valence-corrected chi connectivity index (χ3v) is 5.34. The smallest absolute Gasteiger partial charge is 0.312 e. The number of methoxy groups -OCH3 is 1. The molecule has 1 heterocycles. The lowest BCUT2D eigenvalue weighted by atomic mass is 9.93. The first-order valence-electron chi connectivity index (χ1n) is 9.58. The molecule has 0 bridgehead atoms. The molecule has 2 fully saturated rings. The number of hydrogen-bond acceptors (Lipinski definition) is 4. The van der Waals surface area contributed by atoms with Gasteiger partial charge in [-0.15, -0.1) is 0 Å². The van der Waals surface area contributed by atoms with Gasteiger partial charge in [-0.25, -0.2) is 0 Å². The molecule has 7 heteroatoms. The fourth-order valence-electron chi connectivity index (χ4n) is 3.75. The van der Waals surface area contributed by atoms with Crippen LogP contribution in [0.4, 0.5) is 0 Å². The molecule has 146 valence electrons. The van der Waals surface area contributed by atoms with Gasteiger partial charge in [-0.1, -0.05) is 31.4 Å². The highest BCUT2D eigenvalue weighted by Gasteiger charge is 2.37. The summed E-state index contributed by atoms with van der Waals surface area (Å²) in [6.07, 6.45) is 5.37. The molecule has 0 unspecified atom stereocenters. The summed E-state index contributed by atoms with van der Waals surface area (Å²) in [6.45, 7) is 1.21. The Bertz CT molecular complexity index is 683. The van der Waals surface area contributed by atoms with Crippen molar-refractivity contribution >= 4 is 17.7 Å². The van der Waals surface area contributed by atoms with Crippen LogP contribution in [0.1, 0.15) is 37.7 Å². The summed E-state index contributed by atoms with van der Waals surface area (Å²) in [4.78, 5) is 40.1. The van der Waals surface area contributed by atoms with E-state index in [9.17, 15) is 14.4 Å². The van der Waals surface area contributed by atoms with Crippen LogP contribution in [0.3, 0.4) is 0 Å². The van der Waals surface area contributed by atoms with Crippen molar-refractivity contribution in [3.8, 4) is 5.75 Å². The summed E-state index contributed by atoms with van der Waals surface area (Å²) < 4.78 is 5.10. The van der Waals surface area contributed by atoms with Crippen LogP contribution in [0.5, 0.6) is 5.75 Å². The van der Waals surface area contributed by atoms with E-state index in [0.29, 0.717) is 19.6 Å². The minimum Gasteiger partial charge on any atom is -0.497 e. The molecule has 7 nitrogen and oxygen atoms in total. The first kappa shape index (κ1) is 19.2. The maximum atomic E-state index is 12.4. The Morgan fingerprint density at radius 3 is 2.44 bits per heavy atom. The van der Waals surface area contributed by atoms with E-state index in [0.717, 1.165) is 37.0 Å². The van der Waals surface area contributed by atoms with Gasteiger partial charge in [0.1, 0.15) is 12.3 Å². The Balaban J connectivity index is 1.48. The van der Waals surface area contributed by atoms with Crippen LogP contribution in [0.2, 0.25) is 0 Å². The second kappa shape index (κ2) is 8.88. The molecule has 1 saturated heterocycles. The van der Waals surface area contributed by atoms with Crippen molar-refractivity contribution < 1.29 is 19.1 Å². The number of hydrogen-bond donors (Lipinski definition) is 1. The molecule has 0 spiro atoms. The standard InChI is InChI=1S/C20H27N3O4/c1-27-17-9-7-15(8-10-17)13-21-18(24)14-22-11-12-23(20(26)19(22)25)16-5-3-2-4-6-16/h7-10,16H,2-6,11-14H2,1H3,(H,21,24). The fourth-order valence-corrected chi connectivity index (χ4v) is 3.75. The van der Waals surface area contributed by atoms with E-state index in [4.69, 9.17) is 4.74 Å². The minimum atomic E-state index is -0.563. The largest absolute Gasteiger partial charge is 0.497 e. The average molecular weight is 373 g/mol. The van der Waals surface area contributed by atoms with E-state index in [1.165, 1.54) is 11.3 Å². The lowest BCUT2D eigenvalue weighted by molar-refractivity contribution is -0.159. The van der Waals surface area contributed by atoms with Gasteiger partial charge in [-0.2, -0.15) is 0 Å². The van der Waals surface area contributed by atoms with Crippen molar-refractivity contribution in [1.82, 2.24) is 15.1 Å². The molecule has 3 rings (SSSR count). The van der Waals surface area contributed by atoms with E-state index >= 15 is 0 Å². The molecule has 0 radical (unpaired) electrons. The SMILES string of the molecule is COc1ccc(CNC(=O)CN2CCN(C3CCCCC3)C(=O)C2=O)cc1. The monoisotopic (exact) mass is 373 g/mol. The van der Waals surface area contributed by atoms with Crippen LogP contribution in [0.25, 0.3) is 0 Å². The van der Waals surface area contributed by atoms with E-state index < -0.39 is 11.8 Å². The maximum absolute atomic E-state index is 12.4. The molecule has 0 aromatic heterocycles. The number of ether oxygens (including phenoxy) is 1. The number of piperazine rings is 1. The van der Waals surface area contributed by atoms with Crippen molar-refractivity contribution in [2.24, 2.45) is 0 Å². The molecule has 27 heavy (non-hydrogen) atoms. The van der Waals surface area contributed by atoms with Crippen LogP contribution >= 0.6 is 0 Å². The Kier molecular flexibility index (Phi) is 6.32. The molecule has 2 aliphatic rings. The van der Waals surface area contributed by atoms with Crippen molar-refractivity contribution in [3.05, 3.63) is 29.8 Å². The van der Waals surface area contributed by atoms with Gasteiger partial charge in [0.15, 0.2) is 0 Å². The Hall–Kier alpha value is -2.57. The Morgan fingerprint density at radius 1 is 1.07 bits per heavy atom. The average Bonchev–Trinajstić information content (AvgIpc) is 2.71. The topological polar surface area (TPSA) is 79.0 Å². The fraction of sp³-hybridized carbons (Fsp3) is 0.550. The first-order valence-corrected chi connectivity index (χ1v) is 9.58. The van der Waals surface area contributed by atoms with Gasteiger partial charge in [0.2, 0.25) is 5.91 Å². The van der Waals surface area contributed by atoms with E-state index in [1.807, 2.05) is 24.3 Å². The number of nitrogens with one attached hydrogen (secondary N) is 1. The lowest BCUT2D eigenvalue weighted by Crippen LogP contribution is -2.59. The van der Waals surface area contributed by atoms with Crippen molar-refractivity contribution in [2.45, 2.75) is 44.7 Å². The summed E-state index contributed by atoms with van der Waals surface area (Å²) in [5.74, 6) is -0.536. The molecule has 1 saturated carbocycles. The normalized spacial score (nSPS) is 18.6. The predicted octanol–water partition coefficient (Wildman–Crippen LogP) is 1.31. The van der Waals surface area contributed by atoms with Crippen molar-refractivity contribution in [2.75, 3.05) is 26.7 Å². The summed E-state index contributed by atoms with van der Waals surface area (Å²) in [6, 6.07) is 7.58. The molecule has 3 amide bonds. The number of nitrogens with zero attached hydrogens (tertiary/aromatic N) is 2. The molecule has 1 aromatic rings. The number of amides is 3. The Labute approximate surface area is 159 Å². The zero-order chi connectivity index (χ0) is 19.2. The quantitative estimate of drug-likeness (QED) is 0.763. The zero-order valence-corrected chi connectivity index (χ0v) is 15.8. The van der Waals surface area contributed by atoms with Crippen molar-refractivity contribution in [3.63, 3.8) is 0 Å². The van der Waals surface area contributed by atoms with Gasteiger partial charge in [0, 0.05) is 25.7 Å².